The third kappa shape index (κ3) is 4.85. The smallest absolute Gasteiger partial charge is 0.146 e. The molecule has 80 valence electrons. The molecule has 1 saturated carbocycles. The highest BCUT2D eigenvalue weighted by Gasteiger charge is 2.14. The molecule has 1 aliphatic rings. The van der Waals surface area contributed by atoms with Crippen molar-refractivity contribution in [1.82, 2.24) is 0 Å². The minimum Gasteiger partial charge on any atom is -0.298 e. The second kappa shape index (κ2) is 6.28. The van der Waals surface area contributed by atoms with Crippen LogP contribution in [0, 0.1) is 0 Å². The number of hydrogen-bond donors (Lipinski definition) is 0. The van der Waals surface area contributed by atoms with Gasteiger partial charge in [-0.3, -0.25) is 4.79 Å². The van der Waals surface area contributed by atoms with E-state index >= 15 is 0 Å². The average Bonchev–Trinajstić information content (AvgIpc) is 2.15. The summed E-state index contributed by atoms with van der Waals surface area (Å²) in [5.74, 6) is 1.03. The molecule has 0 heterocycles. The van der Waals surface area contributed by atoms with Gasteiger partial charge in [0.25, 0.3) is 0 Å². The van der Waals surface area contributed by atoms with E-state index in [1.54, 1.807) is 0 Å². The first kappa shape index (κ1) is 11.8. The first-order valence-corrected chi connectivity index (χ1v) is 6.51. The second-order valence-electron chi connectivity index (χ2n) is 4.24. The largest absolute Gasteiger partial charge is 0.298 e. The van der Waals surface area contributed by atoms with Crippen molar-refractivity contribution in [3.8, 4) is 0 Å². The lowest BCUT2D eigenvalue weighted by Crippen LogP contribution is -2.12. The summed E-state index contributed by atoms with van der Waals surface area (Å²) in [5.41, 5.74) is 0.985. The number of Topliss-reactive ketones (excluding diaryl/α,β-unsaturated/α-hetero) is 1. The van der Waals surface area contributed by atoms with Crippen LogP contribution < -0.4 is 0 Å². The molecule has 0 N–H and O–H groups in total. The van der Waals surface area contributed by atoms with Crippen LogP contribution in [0.25, 0.3) is 0 Å². The maximum Gasteiger partial charge on any atom is 0.146 e. The molecule has 0 unspecified atom stereocenters. The minimum atomic E-state index is 0.341. The molecule has 1 fully saturated rings. The monoisotopic (exact) mass is 212 g/mol. The van der Waals surface area contributed by atoms with Crippen molar-refractivity contribution in [2.45, 2.75) is 50.7 Å². The first-order valence-electron chi connectivity index (χ1n) is 5.46. The van der Waals surface area contributed by atoms with Gasteiger partial charge in [0.05, 0.1) is 5.75 Å². The number of allylic oxidation sites excluding steroid dienone is 1. The van der Waals surface area contributed by atoms with Gasteiger partial charge in [0.2, 0.25) is 0 Å². The zero-order valence-electron chi connectivity index (χ0n) is 9.05. The Kier molecular flexibility index (Phi) is 5.31. The van der Waals surface area contributed by atoms with Gasteiger partial charge in [-0.15, -0.1) is 0 Å². The van der Waals surface area contributed by atoms with Crippen molar-refractivity contribution in [3.63, 3.8) is 0 Å². The van der Waals surface area contributed by atoms with Crippen molar-refractivity contribution in [2.24, 2.45) is 0 Å². The summed E-state index contributed by atoms with van der Waals surface area (Å²) in [5, 5.41) is 0.748. The average molecular weight is 212 g/mol. The summed E-state index contributed by atoms with van der Waals surface area (Å²) in [7, 11) is 0. The number of carbonyl (C=O) groups is 1. The zero-order valence-corrected chi connectivity index (χ0v) is 9.87. The van der Waals surface area contributed by atoms with Crippen molar-refractivity contribution < 1.29 is 4.79 Å². The number of carbonyl (C=O) groups excluding carboxylic acids is 1. The molecule has 1 nitrogen and oxygen atoms in total. The number of rotatable bonds is 5. The third-order valence-electron chi connectivity index (χ3n) is 2.53. The van der Waals surface area contributed by atoms with Crippen LogP contribution in [0.2, 0.25) is 0 Å². The first-order chi connectivity index (χ1) is 6.68. The Labute approximate surface area is 91.3 Å². The van der Waals surface area contributed by atoms with E-state index in [4.69, 9.17) is 0 Å². The molecule has 1 rings (SSSR count). The quantitative estimate of drug-likeness (QED) is 0.648. The predicted octanol–water partition coefficient (Wildman–Crippen LogP) is 3.59. The SMILES string of the molecule is C=C(C)CC(=O)CSC1CCCCC1. The van der Waals surface area contributed by atoms with E-state index in [0.29, 0.717) is 18.0 Å². The van der Waals surface area contributed by atoms with Gasteiger partial charge in [0.15, 0.2) is 0 Å². The molecule has 0 aliphatic heterocycles. The van der Waals surface area contributed by atoms with E-state index in [-0.39, 0.29) is 0 Å². The molecule has 2 heteroatoms. The fourth-order valence-electron chi connectivity index (χ4n) is 1.83. The highest BCUT2D eigenvalue weighted by Crippen LogP contribution is 2.28. The van der Waals surface area contributed by atoms with E-state index in [0.717, 1.165) is 10.8 Å². The van der Waals surface area contributed by atoms with E-state index in [1.807, 2.05) is 18.7 Å². The molecule has 0 amide bonds. The Morgan fingerprint density at radius 3 is 2.57 bits per heavy atom. The molecule has 14 heavy (non-hydrogen) atoms. The van der Waals surface area contributed by atoms with Crippen LogP contribution >= 0.6 is 11.8 Å². The lowest BCUT2D eigenvalue weighted by atomic mass is 10.0. The van der Waals surface area contributed by atoms with Crippen LogP contribution in [0.15, 0.2) is 12.2 Å². The third-order valence-corrected chi connectivity index (χ3v) is 3.96. The Morgan fingerprint density at radius 2 is 2.00 bits per heavy atom. The summed E-state index contributed by atoms with van der Waals surface area (Å²) in [6.45, 7) is 5.68. The maximum absolute atomic E-state index is 11.4. The van der Waals surface area contributed by atoms with Gasteiger partial charge in [-0.05, 0) is 19.8 Å². The van der Waals surface area contributed by atoms with E-state index in [1.165, 1.54) is 32.1 Å². The molecular weight excluding hydrogens is 192 g/mol. The predicted molar refractivity (Wildman–Crippen MR) is 63.8 cm³/mol. The summed E-state index contributed by atoms with van der Waals surface area (Å²) >= 11 is 1.86. The molecular formula is C12H20OS. The fraction of sp³-hybridized carbons (Fsp3) is 0.750. The van der Waals surface area contributed by atoms with Crippen LogP contribution in [-0.4, -0.2) is 16.8 Å². The molecule has 0 radical (unpaired) electrons. The Hall–Kier alpha value is -0.240. The summed E-state index contributed by atoms with van der Waals surface area (Å²) < 4.78 is 0. The number of thioether (sulfide) groups is 1. The second-order valence-corrected chi connectivity index (χ2v) is 5.53. The van der Waals surface area contributed by atoms with E-state index < -0.39 is 0 Å². The highest BCUT2D eigenvalue weighted by atomic mass is 32.2. The van der Waals surface area contributed by atoms with Crippen molar-refractivity contribution >= 4 is 17.5 Å². The normalized spacial score (nSPS) is 18.1. The van der Waals surface area contributed by atoms with Gasteiger partial charge in [-0.2, -0.15) is 11.8 Å². The van der Waals surface area contributed by atoms with Gasteiger partial charge in [-0.25, -0.2) is 0 Å². The van der Waals surface area contributed by atoms with E-state index in [9.17, 15) is 4.79 Å². The summed E-state index contributed by atoms with van der Waals surface area (Å²) in [6.07, 6.45) is 7.28. The molecule has 0 aromatic rings. The molecule has 0 saturated heterocycles. The summed E-state index contributed by atoms with van der Waals surface area (Å²) in [6, 6.07) is 0. The fourth-order valence-corrected chi connectivity index (χ4v) is 3.02. The van der Waals surface area contributed by atoms with E-state index in [2.05, 4.69) is 6.58 Å². The van der Waals surface area contributed by atoms with Crippen LogP contribution in [0.3, 0.4) is 0 Å². The molecule has 0 aromatic heterocycles. The number of ketones is 1. The molecule has 0 atom stereocenters. The van der Waals surface area contributed by atoms with Gasteiger partial charge in [0, 0.05) is 11.7 Å². The van der Waals surface area contributed by atoms with Crippen LogP contribution in [0.4, 0.5) is 0 Å². The number of hydrogen-bond acceptors (Lipinski definition) is 2. The van der Waals surface area contributed by atoms with Gasteiger partial charge in [-0.1, -0.05) is 31.4 Å². The zero-order chi connectivity index (χ0) is 10.4. The topological polar surface area (TPSA) is 17.1 Å². The lowest BCUT2D eigenvalue weighted by Gasteiger charge is -2.20. The van der Waals surface area contributed by atoms with Gasteiger partial charge < -0.3 is 0 Å². The van der Waals surface area contributed by atoms with Crippen LogP contribution in [0.1, 0.15) is 45.4 Å². The van der Waals surface area contributed by atoms with Crippen molar-refractivity contribution in [3.05, 3.63) is 12.2 Å². The Bertz CT molecular complexity index is 204. The Balaban J connectivity index is 2.12. The molecule has 0 spiro atoms. The highest BCUT2D eigenvalue weighted by molar-refractivity contribution is 8.00. The van der Waals surface area contributed by atoms with Crippen LogP contribution in [0.5, 0.6) is 0 Å². The van der Waals surface area contributed by atoms with Gasteiger partial charge in [0.1, 0.15) is 5.78 Å². The van der Waals surface area contributed by atoms with Crippen LogP contribution in [-0.2, 0) is 4.79 Å². The van der Waals surface area contributed by atoms with Crippen molar-refractivity contribution in [2.75, 3.05) is 5.75 Å². The Morgan fingerprint density at radius 1 is 1.36 bits per heavy atom. The molecule has 0 bridgehead atoms. The molecule has 0 aromatic carbocycles. The maximum atomic E-state index is 11.4. The molecule has 1 aliphatic carbocycles. The lowest BCUT2D eigenvalue weighted by molar-refractivity contribution is -0.115. The van der Waals surface area contributed by atoms with Crippen molar-refractivity contribution in [1.29, 1.82) is 0 Å². The summed E-state index contributed by atoms with van der Waals surface area (Å²) in [4.78, 5) is 11.4. The van der Waals surface area contributed by atoms with Gasteiger partial charge >= 0.3 is 0 Å². The standard InChI is InChI=1S/C12H20OS/c1-10(2)8-11(13)9-14-12-6-4-3-5-7-12/h12H,1,3-9H2,2H3. The minimum absolute atomic E-state index is 0.341.